The van der Waals surface area contributed by atoms with Crippen molar-refractivity contribution in [2.24, 2.45) is 0 Å². The summed E-state index contributed by atoms with van der Waals surface area (Å²) in [7, 11) is 0. The minimum absolute atomic E-state index is 0.758. The summed E-state index contributed by atoms with van der Waals surface area (Å²) >= 11 is 0. The van der Waals surface area contributed by atoms with Crippen LogP contribution in [-0.4, -0.2) is 12.6 Å². The maximum absolute atomic E-state index is 11.7. The monoisotopic (exact) mass is 148 g/mol. The maximum Gasteiger partial charge on any atom is 0.371 e. The van der Waals surface area contributed by atoms with E-state index < -0.39 is 18.5 Å². The molecular weight excluding hydrogens is 142 g/mol. The number of hydrogen-bond acceptors (Lipinski definition) is 2. The summed E-state index contributed by atoms with van der Waals surface area (Å²) in [5.41, 5.74) is 0. The Morgan fingerprint density at radius 1 is 1.70 bits per heavy atom. The van der Waals surface area contributed by atoms with Gasteiger partial charge in [-0.25, -0.2) is 9.18 Å². The molecule has 0 bridgehead atoms. The summed E-state index contributed by atoms with van der Waals surface area (Å²) in [6.45, 7) is 1.91. The van der Waals surface area contributed by atoms with Crippen LogP contribution in [0.3, 0.4) is 0 Å². The van der Waals surface area contributed by atoms with Crippen molar-refractivity contribution in [2.75, 3.05) is 6.67 Å². The van der Waals surface area contributed by atoms with E-state index >= 15 is 0 Å². The highest BCUT2D eigenvalue weighted by molar-refractivity contribution is 5.85. The summed E-state index contributed by atoms with van der Waals surface area (Å²) in [5.74, 6) is -2.41. The van der Waals surface area contributed by atoms with Crippen LogP contribution in [0.4, 0.5) is 8.78 Å². The molecule has 56 valence electrons. The molecule has 0 unspecified atom stereocenters. The average molecular weight is 148 g/mol. The van der Waals surface area contributed by atoms with Gasteiger partial charge in [-0.3, -0.25) is 0 Å². The number of ether oxygens (including phenoxy) is 1. The number of halogens is 2. The molecule has 2 nitrogen and oxygen atoms in total. The van der Waals surface area contributed by atoms with E-state index in [0.29, 0.717) is 0 Å². The Morgan fingerprint density at radius 3 is 2.70 bits per heavy atom. The largest absolute Gasteiger partial charge is 0.429 e. The summed E-state index contributed by atoms with van der Waals surface area (Å²) in [6, 6.07) is 0. The van der Waals surface area contributed by atoms with E-state index in [1.165, 1.54) is 0 Å². The van der Waals surface area contributed by atoms with E-state index in [0.717, 1.165) is 12.3 Å². The van der Waals surface area contributed by atoms with Gasteiger partial charge in [-0.15, -0.1) is 0 Å². The Bertz CT molecular complexity index is 163. The summed E-state index contributed by atoms with van der Waals surface area (Å²) in [4.78, 5) is 10.1. The van der Waals surface area contributed by atoms with E-state index in [2.05, 4.69) is 11.3 Å². The van der Waals surface area contributed by atoms with Crippen LogP contribution >= 0.6 is 0 Å². The second-order valence-corrected chi connectivity index (χ2v) is 1.34. The first-order chi connectivity index (χ1) is 4.68. The molecule has 0 aliphatic carbocycles. The Balaban J connectivity index is 3.60. The first-order valence-electron chi connectivity index (χ1n) is 2.45. The molecule has 0 amide bonds. The van der Waals surface area contributed by atoms with Crippen LogP contribution in [0.25, 0.3) is 0 Å². The second kappa shape index (κ2) is 4.67. The first-order valence-corrected chi connectivity index (χ1v) is 2.45. The van der Waals surface area contributed by atoms with Gasteiger partial charge in [0.25, 0.3) is 0 Å². The molecule has 0 rings (SSSR count). The molecule has 0 aromatic carbocycles. The van der Waals surface area contributed by atoms with Gasteiger partial charge in [0.05, 0.1) is 6.26 Å². The number of esters is 1. The van der Waals surface area contributed by atoms with Gasteiger partial charge in [-0.05, 0) is 6.08 Å². The van der Waals surface area contributed by atoms with Crippen molar-refractivity contribution in [3.8, 4) is 0 Å². The lowest BCUT2D eigenvalue weighted by atomic mass is 10.6. The lowest BCUT2D eigenvalue weighted by molar-refractivity contribution is -0.135. The quantitative estimate of drug-likeness (QED) is 0.344. The highest BCUT2D eigenvalue weighted by Crippen LogP contribution is 1.94. The third-order valence-electron chi connectivity index (χ3n) is 0.582. The average Bonchev–Trinajstić information content (AvgIpc) is 1.88. The van der Waals surface area contributed by atoms with Crippen molar-refractivity contribution in [2.45, 2.75) is 0 Å². The van der Waals surface area contributed by atoms with Crippen LogP contribution in [0, 0.1) is 0 Å². The van der Waals surface area contributed by atoms with Gasteiger partial charge >= 0.3 is 5.97 Å². The Labute approximate surface area is 56.8 Å². The molecule has 0 radical (unpaired) electrons. The van der Waals surface area contributed by atoms with Gasteiger partial charge in [0, 0.05) is 0 Å². The summed E-state index contributed by atoms with van der Waals surface area (Å²) < 4.78 is 27.0. The zero-order valence-electron chi connectivity index (χ0n) is 5.14. The Kier molecular flexibility index (Phi) is 4.11. The lowest BCUT2D eigenvalue weighted by Crippen LogP contribution is -1.97. The SMILES string of the molecule is C=C(F)C(=O)OC=CCF. The minimum atomic E-state index is -1.21. The molecule has 0 N–H and O–H groups in total. The molecule has 0 aliphatic heterocycles. The topological polar surface area (TPSA) is 26.3 Å². The highest BCUT2D eigenvalue weighted by Gasteiger charge is 2.03. The number of allylic oxidation sites excluding steroid dienone is 1. The van der Waals surface area contributed by atoms with Crippen molar-refractivity contribution < 1.29 is 18.3 Å². The van der Waals surface area contributed by atoms with E-state index in [4.69, 9.17) is 0 Å². The zero-order valence-corrected chi connectivity index (χ0v) is 5.14. The maximum atomic E-state index is 11.7. The number of alkyl halides is 1. The van der Waals surface area contributed by atoms with Crippen molar-refractivity contribution in [1.29, 1.82) is 0 Å². The van der Waals surface area contributed by atoms with Crippen molar-refractivity contribution in [3.05, 3.63) is 24.7 Å². The van der Waals surface area contributed by atoms with E-state index in [-0.39, 0.29) is 0 Å². The molecule has 4 heteroatoms. The molecule has 0 atom stereocenters. The summed E-state index contributed by atoms with van der Waals surface area (Å²) in [6.07, 6.45) is 1.70. The van der Waals surface area contributed by atoms with Gasteiger partial charge < -0.3 is 4.74 Å². The molecule has 0 aromatic heterocycles. The van der Waals surface area contributed by atoms with Crippen molar-refractivity contribution in [1.82, 2.24) is 0 Å². The molecule has 0 fully saturated rings. The van der Waals surface area contributed by atoms with Crippen LogP contribution in [0.1, 0.15) is 0 Å². The van der Waals surface area contributed by atoms with Gasteiger partial charge in [0.2, 0.25) is 5.83 Å². The van der Waals surface area contributed by atoms with Crippen LogP contribution in [0.5, 0.6) is 0 Å². The van der Waals surface area contributed by atoms with Crippen LogP contribution in [0.15, 0.2) is 24.7 Å². The molecule has 0 saturated carbocycles. The molecule has 0 aromatic rings. The first kappa shape index (κ1) is 8.81. The van der Waals surface area contributed by atoms with E-state index in [9.17, 15) is 13.6 Å². The van der Waals surface area contributed by atoms with Crippen LogP contribution < -0.4 is 0 Å². The smallest absolute Gasteiger partial charge is 0.371 e. The van der Waals surface area contributed by atoms with Gasteiger partial charge in [-0.2, -0.15) is 4.39 Å². The Hall–Kier alpha value is -1.19. The number of carbonyl (C=O) groups is 1. The molecule has 0 spiro atoms. The van der Waals surface area contributed by atoms with Crippen LogP contribution in [0.2, 0.25) is 0 Å². The summed E-state index contributed by atoms with van der Waals surface area (Å²) in [5, 5.41) is 0. The predicted molar refractivity (Wildman–Crippen MR) is 31.5 cm³/mol. The number of rotatable bonds is 3. The van der Waals surface area contributed by atoms with Crippen LogP contribution in [-0.2, 0) is 9.53 Å². The fourth-order valence-corrected chi connectivity index (χ4v) is 0.210. The molecule has 10 heavy (non-hydrogen) atoms. The lowest BCUT2D eigenvalue weighted by Gasteiger charge is -1.91. The minimum Gasteiger partial charge on any atom is -0.429 e. The Morgan fingerprint density at radius 2 is 2.30 bits per heavy atom. The normalized spacial score (nSPS) is 9.80. The molecular formula is C6H6F2O2. The fourth-order valence-electron chi connectivity index (χ4n) is 0.210. The fraction of sp³-hybridized carbons (Fsp3) is 0.167. The molecule has 0 saturated heterocycles. The zero-order chi connectivity index (χ0) is 7.98. The van der Waals surface area contributed by atoms with E-state index in [1.807, 2.05) is 0 Å². The van der Waals surface area contributed by atoms with Gasteiger partial charge in [0.15, 0.2) is 0 Å². The second-order valence-electron chi connectivity index (χ2n) is 1.34. The highest BCUT2D eigenvalue weighted by atomic mass is 19.1. The van der Waals surface area contributed by atoms with Crippen molar-refractivity contribution >= 4 is 5.97 Å². The van der Waals surface area contributed by atoms with Crippen molar-refractivity contribution in [3.63, 3.8) is 0 Å². The molecule has 0 aliphatic rings. The number of hydrogen-bond donors (Lipinski definition) is 0. The predicted octanol–water partition coefficient (Wildman–Crippen LogP) is 1.50. The number of carbonyl (C=O) groups excluding carboxylic acids is 1. The standard InChI is InChI=1S/C6H6F2O2/c1-5(8)6(9)10-4-2-3-7/h2,4H,1,3H2. The third-order valence-corrected chi connectivity index (χ3v) is 0.582. The third kappa shape index (κ3) is 3.77. The van der Waals surface area contributed by atoms with Gasteiger partial charge in [0.1, 0.15) is 6.67 Å². The van der Waals surface area contributed by atoms with E-state index in [1.54, 1.807) is 0 Å². The molecule has 0 heterocycles. The van der Waals surface area contributed by atoms with Gasteiger partial charge in [-0.1, -0.05) is 6.58 Å².